The van der Waals surface area contributed by atoms with E-state index >= 15 is 0 Å². The summed E-state index contributed by atoms with van der Waals surface area (Å²) in [4.78, 5) is 26.1. The van der Waals surface area contributed by atoms with Gasteiger partial charge in [-0.05, 0) is 36.4 Å². The number of hydrogen-bond acceptors (Lipinski definition) is 5. The van der Waals surface area contributed by atoms with Crippen LogP contribution in [0.25, 0.3) is 10.9 Å². The van der Waals surface area contributed by atoms with Crippen molar-refractivity contribution >= 4 is 16.8 Å². The normalized spacial score (nSPS) is 17.3. The topological polar surface area (TPSA) is 80.3 Å². The van der Waals surface area contributed by atoms with Crippen molar-refractivity contribution in [3.8, 4) is 11.8 Å². The van der Waals surface area contributed by atoms with E-state index in [4.69, 9.17) is 9.47 Å². The second kappa shape index (κ2) is 7.03. The molecule has 1 saturated heterocycles. The number of hydrogen-bond donors (Lipinski definition) is 1. The fourth-order valence-electron chi connectivity index (χ4n) is 3.27. The number of ether oxygens (including phenoxy) is 2. The zero-order chi connectivity index (χ0) is 17.9. The van der Waals surface area contributed by atoms with Crippen molar-refractivity contribution < 1.29 is 14.3 Å². The van der Waals surface area contributed by atoms with Gasteiger partial charge < -0.3 is 19.4 Å². The molecule has 3 heterocycles. The number of nitrogens with zero attached hydrogens (tertiary/aromatic N) is 3. The van der Waals surface area contributed by atoms with Crippen molar-refractivity contribution in [1.82, 2.24) is 19.9 Å². The van der Waals surface area contributed by atoms with Crippen LogP contribution in [0.5, 0.6) is 11.8 Å². The van der Waals surface area contributed by atoms with Crippen molar-refractivity contribution in [3.63, 3.8) is 0 Å². The number of aromatic amines is 1. The molecule has 0 saturated carbocycles. The van der Waals surface area contributed by atoms with E-state index in [-0.39, 0.29) is 12.0 Å². The summed E-state index contributed by atoms with van der Waals surface area (Å²) in [5.41, 5.74) is 1.64. The minimum Gasteiger partial charge on any atom is -0.477 e. The highest BCUT2D eigenvalue weighted by Crippen LogP contribution is 2.25. The third-order valence-corrected chi connectivity index (χ3v) is 4.57. The summed E-state index contributed by atoms with van der Waals surface area (Å²) < 4.78 is 11.1. The number of fused-ring (bicyclic) bond motifs is 1. The second-order valence-electron chi connectivity index (χ2n) is 6.28. The van der Waals surface area contributed by atoms with Crippen molar-refractivity contribution in [2.45, 2.75) is 18.9 Å². The summed E-state index contributed by atoms with van der Waals surface area (Å²) in [5, 5.41) is 1.09. The van der Waals surface area contributed by atoms with Gasteiger partial charge in [0.1, 0.15) is 6.10 Å². The molecule has 3 aromatic rings. The molecule has 0 spiro atoms. The maximum Gasteiger partial charge on any atom is 0.278 e. The van der Waals surface area contributed by atoms with Crippen molar-refractivity contribution in [3.05, 3.63) is 48.4 Å². The summed E-state index contributed by atoms with van der Waals surface area (Å²) in [5.74, 6) is 0.733. The summed E-state index contributed by atoms with van der Waals surface area (Å²) in [6.07, 6.45) is 6.60. The summed E-state index contributed by atoms with van der Waals surface area (Å²) >= 11 is 0. The number of carbonyl (C=O) groups excluding carboxylic acids is 1. The van der Waals surface area contributed by atoms with Gasteiger partial charge in [0.25, 0.3) is 17.7 Å². The molecule has 4 rings (SSSR count). The Morgan fingerprint density at radius 1 is 1.23 bits per heavy atom. The van der Waals surface area contributed by atoms with E-state index in [1.165, 1.54) is 7.11 Å². The van der Waals surface area contributed by atoms with E-state index < -0.39 is 0 Å². The van der Waals surface area contributed by atoms with Crippen LogP contribution in [0.15, 0.2) is 42.9 Å². The summed E-state index contributed by atoms with van der Waals surface area (Å²) in [6.45, 7) is 1.24. The predicted octanol–water partition coefficient (Wildman–Crippen LogP) is 2.65. The number of piperidine rings is 1. The quantitative estimate of drug-likeness (QED) is 0.781. The zero-order valence-corrected chi connectivity index (χ0v) is 14.5. The van der Waals surface area contributed by atoms with Gasteiger partial charge in [-0.25, -0.2) is 9.97 Å². The van der Waals surface area contributed by atoms with E-state index in [0.717, 1.165) is 30.3 Å². The van der Waals surface area contributed by atoms with E-state index in [1.807, 2.05) is 35.4 Å². The van der Waals surface area contributed by atoms with Crippen LogP contribution >= 0.6 is 0 Å². The van der Waals surface area contributed by atoms with Crippen LogP contribution in [-0.4, -0.2) is 52.1 Å². The van der Waals surface area contributed by atoms with Gasteiger partial charge in [0.2, 0.25) is 0 Å². The highest BCUT2D eigenvalue weighted by Gasteiger charge is 2.27. The Morgan fingerprint density at radius 3 is 2.92 bits per heavy atom. The van der Waals surface area contributed by atoms with Crippen LogP contribution in [0.4, 0.5) is 0 Å². The first-order valence-electron chi connectivity index (χ1n) is 8.62. The van der Waals surface area contributed by atoms with Crippen LogP contribution < -0.4 is 9.47 Å². The zero-order valence-electron chi connectivity index (χ0n) is 14.5. The smallest absolute Gasteiger partial charge is 0.278 e. The number of benzene rings is 1. The molecule has 1 aliphatic heterocycles. The Morgan fingerprint density at radius 2 is 2.08 bits per heavy atom. The number of aromatic nitrogens is 3. The molecule has 0 bridgehead atoms. The first kappa shape index (κ1) is 16.4. The SMILES string of the molecule is COc1nccnc1OC1CCCN(C(=O)c2ccc3cc[nH]c3c2)C1. The van der Waals surface area contributed by atoms with Crippen molar-refractivity contribution in [1.29, 1.82) is 0 Å². The Hall–Kier alpha value is -3.09. The molecule has 7 heteroatoms. The Bertz CT molecular complexity index is 924. The van der Waals surface area contributed by atoms with Gasteiger partial charge in [-0.3, -0.25) is 4.79 Å². The van der Waals surface area contributed by atoms with E-state index in [2.05, 4.69) is 15.0 Å². The van der Waals surface area contributed by atoms with Crippen LogP contribution in [-0.2, 0) is 0 Å². The molecular formula is C19H20N4O3. The van der Waals surface area contributed by atoms with Gasteiger partial charge in [0, 0.05) is 36.2 Å². The minimum atomic E-state index is -0.132. The highest BCUT2D eigenvalue weighted by atomic mass is 16.5. The highest BCUT2D eigenvalue weighted by molar-refractivity contribution is 5.98. The lowest BCUT2D eigenvalue weighted by molar-refractivity contribution is 0.0519. The molecule has 7 nitrogen and oxygen atoms in total. The first-order valence-corrected chi connectivity index (χ1v) is 8.62. The number of H-pyrrole nitrogens is 1. The average Bonchev–Trinajstić information content (AvgIpc) is 3.16. The number of carbonyl (C=O) groups is 1. The third kappa shape index (κ3) is 3.20. The van der Waals surface area contributed by atoms with Crippen LogP contribution in [0.1, 0.15) is 23.2 Å². The number of methoxy groups -OCH3 is 1. The van der Waals surface area contributed by atoms with E-state index in [1.54, 1.807) is 12.4 Å². The molecule has 1 N–H and O–H groups in total. The predicted molar refractivity (Wildman–Crippen MR) is 96.4 cm³/mol. The lowest BCUT2D eigenvalue weighted by Gasteiger charge is -2.32. The number of amides is 1. The van der Waals surface area contributed by atoms with Gasteiger partial charge >= 0.3 is 0 Å². The van der Waals surface area contributed by atoms with Crippen LogP contribution in [0.2, 0.25) is 0 Å². The number of rotatable bonds is 4. The lowest BCUT2D eigenvalue weighted by atomic mass is 10.1. The fraction of sp³-hybridized carbons (Fsp3) is 0.316. The molecule has 1 aliphatic rings. The molecule has 26 heavy (non-hydrogen) atoms. The van der Waals surface area contributed by atoms with Gasteiger partial charge in [-0.2, -0.15) is 0 Å². The van der Waals surface area contributed by atoms with Gasteiger partial charge in [0.05, 0.1) is 13.7 Å². The molecule has 134 valence electrons. The number of nitrogens with one attached hydrogen (secondary N) is 1. The Labute approximate surface area is 151 Å². The molecule has 1 amide bonds. The lowest BCUT2D eigenvalue weighted by Crippen LogP contribution is -2.44. The molecule has 1 aromatic carbocycles. The Kier molecular flexibility index (Phi) is 4.43. The van der Waals surface area contributed by atoms with Crippen molar-refractivity contribution in [2.75, 3.05) is 20.2 Å². The molecule has 1 unspecified atom stereocenters. The minimum absolute atomic E-state index is 0.0147. The third-order valence-electron chi connectivity index (χ3n) is 4.57. The summed E-state index contributed by atoms with van der Waals surface area (Å²) in [6, 6.07) is 7.71. The maximum absolute atomic E-state index is 12.9. The molecule has 1 fully saturated rings. The van der Waals surface area contributed by atoms with Crippen LogP contribution in [0.3, 0.4) is 0 Å². The molecule has 1 atom stereocenters. The van der Waals surface area contributed by atoms with E-state index in [0.29, 0.717) is 23.9 Å². The van der Waals surface area contributed by atoms with E-state index in [9.17, 15) is 4.79 Å². The van der Waals surface area contributed by atoms with Gasteiger partial charge in [0.15, 0.2) is 0 Å². The second-order valence-corrected chi connectivity index (χ2v) is 6.28. The molecule has 2 aromatic heterocycles. The average molecular weight is 352 g/mol. The van der Waals surface area contributed by atoms with Gasteiger partial charge in [-0.15, -0.1) is 0 Å². The Balaban J connectivity index is 1.48. The standard InChI is InChI=1S/C19H20N4O3/c1-25-17-18(22-9-8-21-17)26-15-3-2-10-23(12-15)19(24)14-5-4-13-6-7-20-16(13)11-14/h4-9,11,15,20H,2-3,10,12H2,1H3. The summed E-state index contributed by atoms with van der Waals surface area (Å²) in [7, 11) is 1.53. The number of likely N-dealkylation sites (tertiary alicyclic amines) is 1. The largest absolute Gasteiger partial charge is 0.477 e. The molecular weight excluding hydrogens is 332 g/mol. The maximum atomic E-state index is 12.9. The fourth-order valence-corrected chi connectivity index (χ4v) is 3.27. The van der Waals surface area contributed by atoms with Gasteiger partial charge in [-0.1, -0.05) is 6.07 Å². The molecule has 0 aliphatic carbocycles. The first-order chi connectivity index (χ1) is 12.7. The molecule has 0 radical (unpaired) electrons. The van der Waals surface area contributed by atoms with Crippen LogP contribution in [0, 0.1) is 0 Å². The van der Waals surface area contributed by atoms with Crippen molar-refractivity contribution in [2.24, 2.45) is 0 Å². The monoisotopic (exact) mass is 352 g/mol.